The van der Waals surface area contributed by atoms with Gasteiger partial charge in [0.25, 0.3) is 0 Å². The van der Waals surface area contributed by atoms with Crippen LogP contribution in [0.5, 0.6) is 5.75 Å². The zero-order chi connectivity index (χ0) is 15.4. The first kappa shape index (κ1) is 20.1. The fourth-order valence-corrected chi connectivity index (χ4v) is 2.61. The fraction of sp³-hybridized carbons (Fsp3) is 0.267. The Morgan fingerprint density at radius 1 is 1.36 bits per heavy atom. The van der Waals surface area contributed by atoms with Crippen molar-refractivity contribution in [1.82, 2.24) is 4.57 Å². The van der Waals surface area contributed by atoms with Crippen LogP contribution in [0.25, 0.3) is 11.3 Å². The van der Waals surface area contributed by atoms with Gasteiger partial charge < -0.3 is 14.0 Å². The number of ether oxygens (including phenoxy) is 2. The van der Waals surface area contributed by atoms with Crippen molar-refractivity contribution in [1.29, 1.82) is 0 Å². The van der Waals surface area contributed by atoms with E-state index in [-0.39, 0.29) is 38.3 Å². The van der Waals surface area contributed by atoms with Crippen LogP contribution in [0.3, 0.4) is 0 Å². The van der Waals surface area contributed by atoms with E-state index in [1.807, 2.05) is 34.7 Å². The molecule has 0 aliphatic heterocycles. The summed E-state index contributed by atoms with van der Waals surface area (Å²) >= 11 is 8.28. The Kier molecular flexibility index (Phi) is 8.56. The molecule has 0 spiro atoms. The van der Waals surface area contributed by atoms with Gasteiger partial charge in [-0.15, -0.1) is 28.7 Å². The molecule has 0 fully saturated rings. The van der Waals surface area contributed by atoms with E-state index in [4.69, 9.17) is 21.1 Å². The maximum atomic E-state index is 12.0. The summed E-state index contributed by atoms with van der Waals surface area (Å²) in [4.78, 5) is 12.0. The summed E-state index contributed by atoms with van der Waals surface area (Å²) in [6, 6.07) is 10.1. The van der Waals surface area contributed by atoms with Crippen molar-refractivity contribution < 1.29 is 42.2 Å². The summed E-state index contributed by atoms with van der Waals surface area (Å²) in [5, 5.41) is 0.511. The van der Waals surface area contributed by atoms with Crippen LogP contribution in [0.4, 0.5) is 0 Å². The molecule has 0 saturated heterocycles. The van der Waals surface area contributed by atoms with E-state index in [1.54, 1.807) is 26.3 Å². The Hall–Kier alpha value is 0.0539. The number of pyridine rings is 1. The molecule has 115 valence electrons. The van der Waals surface area contributed by atoms with Crippen molar-refractivity contribution >= 4 is 34.2 Å². The summed E-state index contributed by atoms with van der Waals surface area (Å²) < 4.78 is 12.6. The molecule has 0 saturated carbocycles. The number of hydrogen-bond acceptors (Lipinski definition) is 3. The summed E-state index contributed by atoms with van der Waals surface area (Å²) in [6.07, 6.45) is 0. The molecule has 7 heteroatoms. The first-order valence-corrected chi connectivity index (χ1v) is 7.69. The van der Waals surface area contributed by atoms with E-state index in [0.717, 1.165) is 5.56 Å². The minimum Gasteiger partial charge on any atom is -0.491 e. The largest absolute Gasteiger partial charge is 0.491 e. The summed E-state index contributed by atoms with van der Waals surface area (Å²) in [6.45, 7) is 0.971. The van der Waals surface area contributed by atoms with Crippen LogP contribution in [-0.2, 0) is 44.5 Å². The second-order valence-electron chi connectivity index (χ2n) is 4.33. The normalized spacial score (nSPS) is 10.2. The van der Waals surface area contributed by atoms with Crippen LogP contribution in [0.1, 0.15) is 0 Å². The number of benzene rings is 1. The monoisotopic (exact) mass is 507 g/mol. The molecular weight excluding hydrogens is 493 g/mol. The van der Waals surface area contributed by atoms with E-state index < -0.39 is 0 Å². The third kappa shape index (κ3) is 4.77. The van der Waals surface area contributed by atoms with Gasteiger partial charge in [0.2, 0.25) is 5.56 Å². The smallest absolute Gasteiger partial charge is 0.207 e. The average Bonchev–Trinajstić information content (AvgIpc) is 2.46. The van der Waals surface area contributed by atoms with Gasteiger partial charge in [-0.2, -0.15) is 12.1 Å². The zero-order valence-corrected chi connectivity index (χ0v) is 18.0. The Labute approximate surface area is 173 Å². The van der Waals surface area contributed by atoms with Crippen LogP contribution >= 0.6 is 34.2 Å². The van der Waals surface area contributed by atoms with Crippen molar-refractivity contribution in [2.24, 2.45) is 7.05 Å². The SMILES string of the molecule is COCCOc1ccc(-c2[c-]cc(I)c(=O)n2C)c(Cl)c1.[Y]. The minimum absolute atomic E-state index is 0. The number of methoxy groups -OCH3 is 1. The molecule has 0 atom stereocenters. The molecule has 0 aliphatic carbocycles. The van der Waals surface area contributed by atoms with Gasteiger partial charge in [-0.1, -0.05) is 22.9 Å². The first-order valence-electron chi connectivity index (χ1n) is 6.23. The molecule has 1 aromatic carbocycles. The quantitative estimate of drug-likeness (QED) is 0.355. The van der Waals surface area contributed by atoms with E-state index in [9.17, 15) is 4.79 Å². The third-order valence-electron chi connectivity index (χ3n) is 2.93. The molecule has 0 unspecified atom stereocenters. The van der Waals surface area contributed by atoms with Crippen molar-refractivity contribution in [3.63, 3.8) is 0 Å². The predicted molar refractivity (Wildman–Crippen MR) is 91.1 cm³/mol. The molecular formula is C15H14ClINO3Y-. The van der Waals surface area contributed by atoms with Crippen molar-refractivity contribution in [2.45, 2.75) is 0 Å². The molecule has 4 nitrogen and oxygen atoms in total. The molecule has 22 heavy (non-hydrogen) atoms. The number of halogens is 2. The van der Waals surface area contributed by atoms with Gasteiger partial charge in [-0.25, -0.2) is 0 Å². The Balaban J connectivity index is 0.00000242. The molecule has 0 amide bonds. The van der Waals surface area contributed by atoms with E-state index in [1.165, 1.54) is 4.57 Å². The van der Waals surface area contributed by atoms with Crippen LogP contribution in [0.15, 0.2) is 29.1 Å². The van der Waals surface area contributed by atoms with Gasteiger partial charge in [0.1, 0.15) is 12.4 Å². The summed E-state index contributed by atoms with van der Waals surface area (Å²) in [7, 11) is 3.32. The molecule has 0 aliphatic rings. The van der Waals surface area contributed by atoms with Crippen LogP contribution < -0.4 is 10.3 Å². The molecule has 1 radical (unpaired) electrons. The van der Waals surface area contributed by atoms with Gasteiger partial charge in [0.15, 0.2) is 0 Å². The predicted octanol–water partition coefficient (Wildman–Crippen LogP) is 3.13. The van der Waals surface area contributed by atoms with E-state index in [2.05, 4.69) is 6.07 Å². The topological polar surface area (TPSA) is 40.5 Å². The second kappa shape index (κ2) is 9.37. The molecule has 2 rings (SSSR count). The number of aromatic nitrogens is 1. The molecule has 0 N–H and O–H groups in total. The Morgan fingerprint density at radius 3 is 2.73 bits per heavy atom. The molecule has 1 aromatic heterocycles. The van der Waals surface area contributed by atoms with E-state index in [0.29, 0.717) is 33.3 Å². The molecule has 1 heterocycles. The zero-order valence-electron chi connectivity index (χ0n) is 12.2. The second-order valence-corrected chi connectivity index (χ2v) is 5.90. The number of hydrogen-bond donors (Lipinski definition) is 0. The molecule has 0 bridgehead atoms. The Morgan fingerprint density at radius 2 is 2.09 bits per heavy atom. The first-order chi connectivity index (χ1) is 10.0. The van der Waals surface area contributed by atoms with Crippen LogP contribution in [0.2, 0.25) is 5.02 Å². The van der Waals surface area contributed by atoms with Crippen molar-refractivity contribution in [3.05, 3.63) is 49.3 Å². The Bertz CT molecular complexity index is 706. The van der Waals surface area contributed by atoms with Gasteiger partial charge in [-0.05, 0) is 20.7 Å². The minimum atomic E-state index is -0.0687. The van der Waals surface area contributed by atoms with Crippen LogP contribution in [-0.4, -0.2) is 24.9 Å². The summed E-state index contributed by atoms with van der Waals surface area (Å²) in [5.74, 6) is 0.663. The van der Waals surface area contributed by atoms with Crippen molar-refractivity contribution in [3.8, 4) is 17.0 Å². The summed E-state index contributed by atoms with van der Waals surface area (Å²) in [5.41, 5.74) is 1.32. The molecule has 2 aromatic rings. The van der Waals surface area contributed by atoms with Gasteiger partial charge in [0, 0.05) is 46.9 Å². The van der Waals surface area contributed by atoms with Gasteiger partial charge >= 0.3 is 0 Å². The standard InChI is InChI=1S/C15H14ClINO3.Y/c1-18-14(6-5-13(17)15(18)19)11-4-3-10(9-12(11)16)21-8-7-20-2;/h3-5,9H,7-8H2,1-2H3;/q-1;. The number of rotatable bonds is 5. The number of nitrogens with zero attached hydrogens (tertiary/aromatic N) is 1. The average molecular weight is 508 g/mol. The van der Waals surface area contributed by atoms with Gasteiger partial charge in [0.05, 0.1) is 6.61 Å². The third-order valence-corrected chi connectivity index (χ3v) is 4.02. The van der Waals surface area contributed by atoms with E-state index >= 15 is 0 Å². The van der Waals surface area contributed by atoms with Gasteiger partial charge in [-0.3, -0.25) is 4.79 Å². The maximum absolute atomic E-state index is 12.0. The van der Waals surface area contributed by atoms with Crippen molar-refractivity contribution in [2.75, 3.05) is 20.3 Å². The maximum Gasteiger partial charge on any atom is 0.207 e. The van der Waals surface area contributed by atoms with Crippen LogP contribution in [0, 0.1) is 9.64 Å². The fourth-order valence-electron chi connectivity index (χ4n) is 1.83.